The third kappa shape index (κ3) is 22.5. The molecule has 200 valence electrons. The summed E-state index contributed by atoms with van der Waals surface area (Å²) in [5.74, 6) is 0. The normalized spacial score (nSPS) is 12.7. The van der Waals surface area contributed by atoms with Gasteiger partial charge in [0.25, 0.3) is 0 Å². The molecule has 0 aliphatic carbocycles. The number of ether oxygens (including phenoxy) is 2. The Balaban J connectivity index is 3.68. The first kappa shape index (κ1) is 32.7. The molecule has 0 aliphatic heterocycles. The van der Waals surface area contributed by atoms with Gasteiger partial charge in [0.15, 0.2) is 0 Å². The first-order valence-electron chi connectivity index (χ1n) is 14.5. The van der Waals surface area contributed by atoms with Gasteiger partial charge < -0.3 is 14.4 Å². The van der Waals surface area contributed by atoms with Crippen molar-refractivity contribution in [1.29, 1.82) is 0 Å². The predicted molar refractivity (Wildman–Crippen MR) is 148 cm³/mol. The standard InChI is InChI=1S/C30H57NO3/c1-5-9-10-11-12-13-14-15-16-17-18-19-20-21-22-23-26-29(25-6-2)34-30(32)33-28-24-27-31(7-3)8-4/h12-13,15-16,29H,5-11,14,17-28H2,1-4H3/b13-12-,16-15-. The molecule has 0 saturated carbocycles. The van der Waals surface area contributed by atoms with Gasteiger partial charge in [0, 0.05) is 6.54 Å². The molecule has 0 amide bonds. The monoisotopic (exact) mass is 479 g/mol. The summed E-state index contributed by atoms with van der Waals surface area (Å²) in [4.78, 5) is 14.4. The molecule has 0 N–H and O–H groups in total. The van der Waals surface area contributed by atoms with Gasteiger partial charge in [0.1, 0.15) is 6.10 Å². The first-order valence-corrected chi connectivity index (χ1v) is 14.5. The molecule has 4 heteroatoms. The van der Waals surface area contributed by atoms with E-state index in [0.29, 0.717) is 6.61 Å². The zero-order chi connectivity index (χ0) is 25.1. The molecule has 0 fully saturated rings. The number of unbranched alkanes of at least 4 members (excludes halogenated alkanes) is 9. The van der Waals surface area contributed by atoms with Crippen LogP contribution in [0, 0.1) is 0 Å². The van der Waals surface area contributed by atoms with E-state index in [2.05, 4.69) is 56.9 Å². The largest absolute Gasteiger partial charge is 0.508 e. The molecular formula is C30H57NO3. The maximum atomic E-state index is 12.0. The van der Waals surface area contributed by atoms with Crippen molar-refractivity contribution in [3.63, 3.8) is 0 Å². The van der Waals surface area contributed by atoms with Crippen LogP contribution in [0.25, 0.3) is 0 Å². The number of rotatable bonds is 24. The SMILES string of the molecule is CCCCC/C=C\C/C=C\CCCCCCCCC(CCC)OC(=O)OCCCN(CC)CC. The molecule has 0 aromatic carbocycles. The minimum atomic E-state index is -0.488. The van der Waals surface area contributed by atoms with E-state index in [4.69, 9.17) is 9.47 Å². The van der Waals surface area contributed by atoms with Crippen molar-refractivity contribution in [3.05, 3.63) is 24.3 Å². The molecule has 0 bridgehead atoms. The number of allylic oxidation sites excluding steroid dienone is 4. The van der Waals surface area contributed by atoms with Gasteiger partial charge in [0.2, 0.25) is 0 Å². The summed E-state index contributed by atoms with van der Waals surface area (Å²) in [6.07, 6.45) is 27.6. The summed E-state index contributed by atoms with van der Waals surface area (Å²) in [7, 11) is 0. The molecule has 0 spiro atoms. The van der Waals surface area contributed by atoms with Crippen LogP contribution in [0.15, 0.2) is 24.3 Å². The van der Waals surface area contributed by atoms with Crippen LogP contribution in [0.4, 0.5) is 4.79 Å². The van der Waals surface area contributed by atoms with Crippen molar-refractivity contribution in [1.82, 2.24) is 4.90 Å². The van der Waals surface area contributed by atoms with Crippen molar-refractivity contribution in [2.45, 2.75) is 137 Å². The summed E-state index contributed by atoms with van der Waals surface area (Å²) < 4.78 is 10.9. The molecule has 0 radical (unpaired) electrons. The highest BCUT2D eigenvalue weighted by Gasteiger charge is 2.14. The van der Waals surface area contributed by atoms with Gasteiger partial charge in [-0.2, -0.15) is 0 Å². The summed E-state index contributed by atoms with van der Waals surface area (Å²) >= 11 is 0. The van der Waals surface area contributed by atoms with Crippen LogP contribution in [0.3, 0.4) is 0 Å². The summed E-state index contributed by atoms with van der Waals surface area (Å²) in [6.45, 7) is 12.2. The van der Waals surface area contributed by atoms with Gasteiger partial charge in [-0.05, 0) is 70.9 Å². The molecule has 34 heavy (non-hydrogen) atoms. The quantitative estimate of drug-likeness (QED) is 0.0785. The van der Waals surface area contributed by atoms with Gasteiger partial charge >= 0.3 is 6.16 Å². The highest BCUT2D eigenvalue weighted by Crippen LogP contribution is 2.15. The Labute approximate surface area is 212 Å². The van der Waals surface area contributed by atoms with E-state index in [1.165, 1.54) is 64.2 Å². The minimum Gasteiger partial charge on any atom is -0.434 e. The summed E-state index contributed by atoms with van der Waals surface area (Å²) in [6, 6.07) is 0. The van der Waals surface area contributed by atoms with Crippen LogP contribution < -0.4 is 0 Å². The molecule has 0 aliphatic rings. The average Bonchev–Trinajstić information content (AvgIpc) is 2.84. The lowest BCUT2D eigenvalue weighted by molar-refractivity contribution is 0.0153. The van der Waals surface area contributed by atoms with E-state index < -0.39 is 6.16 Å². The fourth-order valence-corrected chi connectivity index (χ4v) is 4.10. The van der Waals surface area contributed by atoms with Crippen molar-refractivity contribution in [3.8, 4) is 0 Å². The Morgan fingerprint density at radius 1 is 0.706 bits per heavy atom. The molecule has 0 heterocycles. The van der Waals surface area contributed by atoms with Crippen LogP contribution in [-0.2, 0) is 9.47 Å². The lowest BCUT2D eigenvalue weighted by Crippen LogP contribution is -2.25. The first-order chi connectivity index (χ1) is 16.7. The lowest BCUT2D eigenvalue weighted by atomic mass is 10.0. The predicted octanol–water partition coefficient (Wildman–Crippen LogP) is 9.24. The van der Waals surface area contributed by atoms with Crippen LogP contribution in [0.2, 0.25) is 0 Å². The second kappa shape index (κ2) is 26.3. The van der Waals surface area contributed by atoms with E-state index in [1.54, 1.807) is 0 Å². The smallest absolute Gasteiger partial charge is 0.434 e. The fourth-order valence-electron chi connectivity index (χ4n) is 4.10. The van der Waals surface area contributed by atoms with E-state index >= 15 is 0 Å². The molecular weight excluding hydrogens is 422 g/mol. The molecule has 1 atom stereocenters. The molecule has 0 rings (SSSR count). The molecule has 0 aromatic rings. The molecule has 0 aromatic heterocycles. The highest BCUT2D eigenvalue weighted by atomic mass is 16.7. The van der Waals surface area contributed by atoms with Gasteiger partial charge in [-0.1, -0.05) is 96.9 Å². The topological polar surface area (TPSA) is 38.8 Å². The van der Waals surface area contributed by atoms with Crippen molar-refractivity contribution < 1.29 is 14.3 Å². The summed E-state index contributed by atoms with van der Waals surface area (Å²) in [5.41, 5.74) is 0. The molecule has 4 nitrogen and oxygen atoms in total. The van der Waals surface area contributed by atoms with Crippen molar-refractivity contribution in [2.24, 2.45) is 0 Å². The second-order valence-electron chi connectivity index (χ2n) is 9.38. The van der Waals surface area contributed by atoms with E-state index in [1.807, 2.05) is 0 Å². The average molecular weight is 480 g/mol. The zero-order valence-corrected chi connectivity index (χ0v) is 23.2. The van der Waals surface area contributed by atoms with E-state index in [0.717, 1.165) is 58.2 Å². The Morgan fingerprint density at radius 3 is 1.94 bits per heavy atom. The third-order valence-electron chi connectivity index (χ3n) is 6.33. The van der Waals surface area contributed by atoms with Gasteiger partial charge in [-0.25, -0.2) is 4.79 Å². The molecule has 0 saturated heterocycles. The van der Waals surface area contributed by atoms with Gasteiger partial charge in [-0.3, -0.25) is 0 Å². The van der Waals surface area contributed by atoms with Crippen molar-refractivity contribution in [2.75, 3.05) is 26.2 Å². The maximum absolute atomic E-state index is 12.0. The summed E-state index contributed by atoms with van der Waals surface area (Å²) in [5, 5.41) is 0. The van der Waals surface area contributed by atoms with E-state index in [-0.39, 0.29) is 6.10 Å². The third-order valence-corrected chi connectivity index (χ3v) is 6.33. The van der Waals surface area contributed by atoms with Crippen LogP contribution in [0.1, 0.15) is 130 Å². The van der Waals surface area contributed by atoms with Crippen LogP contribution in [-0.4, -0.2) is 43.4 Å². The fraction of sp³-hybridized carbons (Fsp3) is 0.833. The second-order valence-corrected chi connectivity index (χ2v) is 9.38. The maximum Gasteiger partial charge on any atom is 0.508 e. The Hall–Kier alpha value is -1.29. The number of hydrogen-bond donors (Lipinski definition) is 0. The van der Waals surface area contributed by atoms with Crippen LogP contribution >= 0.6 is 0 Å². The number of hydrogen-bond acceptors (Lipinski definition) is 4. The highest BCUT2D eigenvalue weighted by molar-refractivity contribution is 5.60. The van der Waals surface area contributed by atoms with Gasteiger partial charge in [-0.15, -0.1) is 0 Å². The number of carbonyl (C=O) groups is 1. The zero-order valence-electron chi connectivity index (χ0n) is 23.2. The Bertz CT molecular complexity index is 485. The molecule has 1 unspecified atom stereocenters. The Morgan fingerprint density at radius 2 is 1.32 bits per heavy atom. The van der Waals surface area contributed by atoms with Gasteiger partial charge in [0.05, 0.1) is 6.61 Å². The Kier molecular flexibility index (Phi) is 25.3. The number of nitrogens with zero attached hydrogens (tertiary/aromatic N) is 1. The van der Waals surface area contributed by atoms with Crippen molar-refractivity contribution >= 4 is 6.16 Å². The lowest BCUT2D eigenvalue weighted by Gasteiger charge is -2.19. The van der Waals surface area contributed by atoms with Crippen LogP contribution in [0.5, 0.6) is 0 Å². The van der Waals surface area contributed by atoms with E-state index in [9.17, 15) is 4.79 Å². The minimum absolute atomic E-state index is 0.00566. The number of carbonyl (C=O) groups excluding carboxylic acids is 1.